The minimum absolute atomic E-state index is 0.284. The van der Waals surface area contributed by atoms with E-state index in [4.69, 9.17) is 5.73 Å². The average Bonchev–Trinajstić information content (AvgIpc) is 3.06. The minimum Gasteiger partial charge on any atom is -0.350 e. The van der Waals surface area contributed by atoms with Crippen molar-refractivity contribution in [3.8, 4) is 11.1 Å². The van der Waals surface area contributed by atoms with Crippen molar-refractivity contribution < 1.29 is 31.5 Å². The largest absolute Gasteiger partial charge is 0.350 e. The first-order valence-electron chi connectivity index (χ1n) is 11.4. The van der Waals surface area contributed by atoms with Gasteiger partial charge in [0.15, 0.2) is 0 Å². The molecule has 40 heavy (non-hydrogen) atoms. The Balaban J connectivity index is 2.50. The van der Waals surface area contributed by atoms with Gasteiger partial charge in [0.05, 0.1) is 36.5 Å². The molecular weight excluding hydrogens is 570 g/mol. The van der Waals surface area contributed by atoms with Crippen LogP contribution in [0.1, 0.15) is 52.7 Å². The molecule has 0 saturated heterocycles. The third-order valence-corrected chi connectivity index (χ3v) is 8.59. The van der Waals surface area contributed by atoms with Gasteiger partial charge < -0.3 is 5.73 Å². The first-order chi connectivity index (χ1) is 18.0. The summed E-state index contributed by atoms with van der Waals surface area (Å²) in [5.41, 5.74) is 1.68. The molecule has 0 unspecified atom stereocenters. The number of rotatable bonds is 7. The topological polar surface area (TPSA) is 246 Å². The van der Waals surface area contributed by atoms with Crippen LogP contribution in [-0.4, -0.2) is 49.5 Å². The zero-order valence-corrected chi connectivity index (χ0v) is 23.9. The number of amides is 2. The van der Waals surface area contributed by atoms with Crippen LogP contribution in [0.2, 0.25) is 0 Å². The Morgan fingerprint density at radius 2 is 1.12 bits per heavy atom. The van der Waals surface area contributed by atoms with E-state index in [0.717, 1.165) is 24.3 Å². The maximum absolute atomic E-state index is 13.1. The Morgan fingerprint density at radius 3 is 1.40 bits per heavy atom. The van der Waals surface area contributed by atoms with Gasteiger partial charge in [0.2, 0.25) is 20.0 Å². The van der Waals surface area contributed by atoms with E-state index in [0.29, 0.717) is 0 Å². The summed E-state index contributed by atoms with van der Waals surface area (Å²) in [5, 5.41) is 28.1. The van der Waals surface area contributed by atoms with Crippen LogP contribution in [0.15, 0.2) is 39.2 Å². The van der Waals surface area contributed by atoms with Crippen molar-refractivity contribution in [2.75, 3.05) is 0 Å². The van der Waals surface area contributed by atoms with Gasteiger partial charge in [0.1, 0.15) is 0 Å². The summed E-state index contributed by atoms with van der Waals surface area (Å²) in [6, 6.07) is 2.27. The standard InChI is InChI=1S/C22H27N7O9S2/c1-21(2,3)26-39(35,36)11-7-13-17(15(9-11)28(31)32)18-14(19(13)24-25-20(23)30)8-12(10-16(18)29(33)34)40(37,38)27-22(4,5)6/h7-10,26-27H,1-6H3,(H3,23,25,30). The second-order valence-electron chi connectivity index (χ2n) is 10.9. The lowest BCUT2D eigenvalue weighted by molar-refractivity contribution is -0.386. The lowest BCUT2D eigenvalue weighted by Crippen LogP contribution is -2.40. The van der Waals surface area contributed by atoms with Crippen LogP contribution < -0.4 is 20.6 Å². The molecule has 16 nitrogen and oxygen atoms in total. The van der Waals surface area contributed by atoms with Crippen molar-refractivity contribution in [1.82, 2.24) is 14.9 Å². The number of sulfonamides is 2. The van der Waals surface area contributed by atoms with E-state index in [-0.39, 0.29) is 28.0 Å². The van der Waals surface area contributed by atoms with E-state index in [9.17, 15) is 41.9 Å². The van der Waals surface area contributed by atoms with E-state index in [1.165, 1.54) is 0 Å². The SMILES string of the molecule is CC(C)(C)NS(=O)(=O)c1cc2c(c([N+](=O)[O-])c1)-c1c(cc(S(=O)(=O)NC(C)(C)C)cc1[N+](=O)[O-])C2=NNC(N)=O. The summed E-state index contributed by atoms with van der Waals surface area (Å²) in [6.07, 6.45) is 0. The van der Waals surface area contributed by atoms with Crippen molar-refractivity contribution in [2.45, 2.75) is 62.4 Å². The highest BCUT2D eigenvalue weighted by molar-refractivity contribution is 7.89. The number of nitrogens with one attached hydrogen (secondary N) is 3. The Kier molecular flexibility index (Phi) is 7.54. The molecule has 0 bridgehead atoms. The van der Waals surface area contributed by atoms with Crippen LogP contribution in [0.4, 0.5) is 16.2 Å². The molecule has 2 amide bonds. The number of nitro benzene ring substituents is 2. The van der Waals surface area contributed by atoms with Crippen LogP contribution in [0, 0.1) is 20.2 Å². The number of carbonyl (C=O) groups is 1. The molecule has 2 aromatic carbocycles. The Bertz CT molecular complexity index is 1590. The molecular formula is C22H27N7O9S2. The van der Waals surface area contributed by atoms with E-state index in [1.54, 1.807) is 41.5 Å². The number of nitro groups is 2. The lowest BCUT2D eigenvalue weighted by Gasteiger charge is -2.20. The second-order valence-corrected chi connectivity index (χ2v) is 14.3. The monoisotopic (exact) mass is 597 g/mol. The lowest BCUT2D eigenvalue weighted by atomic mass is 10.0. The molecule has 2 aromatic rings. The molecule has 0 heterocycles. The number of urea groups is 1. The van der Waals surface area contributed by atoms with Crippen molar-refractivity contribution in [3.05, 3.63) is 55.6 Å². The van der Waals surface area contributed by atoms with E-state index < -0.39 is 68.2 Å². The van der Waals surface area contributed by atoms with Crippen molar-refractivity contribution in [2.24, 2.45) is 10.8 Å². The number of hydrogen-bond acceptors (Lipinski definition) is 10. The number of hydrogen-bond donors (Lipinski definition) is 4. The van der Waals surface area contributed by atoms with Gasteiger partial charge in [-0.15, -0.1) is 0 Å². The second kappa shape index (κ2) is 9.88. The van der Waals surface area contributed by atoms with Crippen molar-refractivity contribution >= 4 is 43.2 Å². The van der Waals surface area contributed by atoms with Gasteiger partial charge in [0.25, 0.3) is 11.4 Å². The van der Waals surface area contributed by atoms with Gasteiger partial charge in [-0.2, -0.15) is 5.10 Å². The first-order valence-corrected chi connectivity index (χ1v) is 14.4. The molecule has 0 aliphatic heterocycles. The van der Waals surface area contributed by atoms with Crippen molar-refractivity contribution in [1.29, 1.82) is 0 Å². The highest BCUT2D eigenvalue weighted by atomic mass is 32.2. The van der Waals surface area contributed by atoms with Crippen LogP contribution in [0.3, 0.4) is 0 Å². The van der Waals surface area contributed by atoms with E-state index >= 15 is 0 Å². The summed E-state index contributed by atoms with van der Waals surface area (Å²) in [4.78, 5) is 32.8. The van der Waals surface area contributed by atoms with Crippen LogP contribution in [0.25, 0.3) is 11.1 Å². The highest BCUT2D eigenvalue weighted by Gasteiger charge is 2.41. The van der Waals surface area contributed by atoms with Crippen molar-refractivity contribution in [3.63, 3.8) is 0 Å². The van der Waals surface area contributed by atoms with Gasteiger partial charge in [-0.25, -0.2) is 36.5 Å². The number of benzene rings is 2. The minimum atomic E-state index is -4.38. The number of hydrazone groups is 1. The summed E-state index contributed by atoms with van der Waals surface area (Å²) >= 11 is 0. The number of nitrogens with zero attached hydrogens (tertiary/aromatic N) is 3. The zero-order valence-electron chi connectivity index (χ0n) is 22.2. The molecule has 18 heteroatoms. The number of primary amides is 1. The van der Waals surface area contributed by atoms with Gasteiger partial charge >= 0.3 is 6.03 Å². The zero-order chi connectivity index (χ0) is 30.6. The molecule has 0 fully saturated rings. The Labute approximate surface area is 229 Å². The summed E-state index contributed by atoms with van der Waals surface area (Å²) < 4.78 is 57.1. The third-order valence-electron chi connectivity index (χ3n) is 5.12. The highest BCUT2D eigenvalue weighted by Crippen LogP contribution is 2.49. The molecule has 0 saturated carbocycles. The summed E-state index contributed by atoms with van der Waals surface area (Å²) in [6.45, 7) is 9.27. The van der Waals surface area contributed by atoms with Gasteiger partial charge in [-0.1, -0.05) is 0 Å². The smallest absolute Gasteiger partial charge is 0.332 e. The fraction of sp³-hybridized carbons (Fsp3) is 0.364. The van der Waals surface area contributed by atoms with E-state index in [2.05, 4.69) is 14.5 Å². The normalized spacial score (nSPS) is 13.4. The first kappa shape index (κ1) is 30.5. The average molecular weight is 598 g/mol. The molecule has 0 radical (unpaired) electrons. The van der Waals surface area contributed by atoms with Crippen LogP contribution >= 0.6 is 0 Å². The van der Waals surface area contributed by atoms with Crippen LogP contribution in [0.5, 0.6) is 0 Å². The molecule has 216 valence electrons. The Morgan fingerprint density at radius 1 is 0.775 bits per heavy atom. The molecule has 5 N–H and O–H groups in total. The fourth-order valence-electron chi connectivity index (χ4n) is 4.00. The maximum atomic E-state index is 13.1. The molecule has 1 aliphatic carbocycles. The molecule has 0 atom stereocenters. The molecule has 0 aromatic heterocycles. The van der Waals surface area contributed by atoms with Crippen LogP contribution in [-0.2, 0) is 20.0 Å². The van der Waals surface area contributed by atoms with Gasteiger partial charge in [-0.3, -0.25) is 20.2 Å². The number of nitrogens with two attached hydrogens (primary N) is 1. The predicted octanol–water partition coefficient (Wildman–Crippen LogP) is 2.06. The van der Waals surface area contributed by atoms with Gasteiger partial charge in [0, 0.05) is 34.3 Å². The molecule has 0 spiro atoms. The summed E-state index contributed by atoms with van der Waals surface area (Å²) in [7, 11) is -8.75. The molecule has 3 rings (SSSR count). The van der Waals surface area contributed by atoms with E-state index in [1.807, 2.05) is 5.43 Å². The fourth-order valence-corrected chi connectivity index (χ4v) is 6.93. The maximum Gasteiger partial charge on any atom is 0.332 e. The number of carbonyl (C=O) groups excluding carboxylic acids is 1. The Hall–Kier alpha value is -4.00. The quantitative estimate of drug-likeness (QED) is 0.229. The predicted molar refractivity (Wildman–Crippen MR) is 144 cm³/mol. The van der Waals surface area contributed by atoms with Gasteiger partial charge in [-0.05, 0) is 53.7 Å². The third kappa shape index (κ3) is 6.24. The number of fused-ring (bicyclic) bond motifs is 3. The molecule has 1 aliphatic rings. The summed E-state index contributed by atoms with van der Waals surface area (Å²) in [5.74, 6) is 0.